The van der Waals surface area contributed by atoms with Crippen LogP contribution in [0.1, 0.15) is 25.3 Å². The van der Waals surface area contributed by atoms with Crippen molar-refractivity contribution in [3.8, 4) is 0 Å². The first-order valence-corrected chi connectivity index (χ1v) is 6.13. The van der Waals surface area contributed by atoms with Gasteiger partial charge in [0.05, 0.1) is 0 Å². The third-order valence-electron chi connectivity index (χ3n) is 3.33. The van der Waals surface area contributed by atoms with Gasteiger partial charge in [-0.25, -0.2) is 4.98 Å². The molecule has 0 bridgehead atoms. The lowest BCUT2D eigenvalue weighted by molar-refractivity contribution is -0.128. The van der Waals surface area contributed by atoms with Crippen LogP contribution in [0.15, 0.2) is 18.3 Å². The quantitative estimate of drug-likeness (QED) is 0.863. The highest BCUT2D eigenvalue weighted by Gasteiger charge is 2.27. The molecule has 1 fully saturated rings. The molecule has 2 rings (SSSR count). The molecule has 0 aromatic carbocycles. The maximum Gasteiger partial charge on any atom is 0.223 e. The number of nitrogens with zero attached hydrogens (tertiary/aromatic N) is 2. The number of hydrogen-bond donors (Lipinski definition) is 1. The van der Waals surface area contributed by atoms with E-state index < -0.39 is 0 Å². The Bertz CT molecular complexity index is 405. The normalized spacial score (nSPS) is 19.8. The van der Waals surface area contributed by atoms with Crippen molar-refractivity contribution in [3.05, 3.63) is 23.9 Å². The van der Waals surface area contributed by atoms with E-state index in [2.05, 4.69) is 17.2 Å². The molecule has 17 heavy (non-hydrogen) atoms. The van der Waals surface area contributed by atoms with Crippen LogP contribution < -0.4 is 5.32 Å². The Hall–Kier alpha value is -1.58. The molecule has 1 saturated heterocycles. The number of pyridine rings is 1. The first-order chi connectivity index (χ1) is 8.22. The van der Waals surface area contributed by atoms with Gasteiger partial charge in [-0.15, -0.1) is 0 Å². The van der Waals surface area contributed by atoms with Crippen LogP contribution in [0.2, 0.25) is 0 Å². The van der Waals surface area contributed by atoms with Gasteiger partial charge in [-0.05, 0) is 23.6 Å². The number of amides is 1. The zero-order valence-electron chi connectivity index (χ0n) is 10.4. The SMILES string of the molecule is CCC1CC(=O)N(Cc2ccnc(NC)c2)C1. The minimum Gasteiger partial charge on any atom is -0.373 e. The maximum absolute atomic E-state index is 11.8. The summed E-state index contributed by atoms with van der Waals surface area (Å²) in [4.78, 5) is 17.9. The Morgan fingerprint density at radius 2 is 2.41 bits per heavy atom. The largest absolute Gasteiger partial charge is 0.373 e. The van der Waals surface area contributed by atoms with Gasteiger partial charge in [0.25, 0.3) is 0 Å². The van der Waals surface area contributed by atoms with E-state index >= 15 is 0 Å². The lowest BCUT2D eigenvalue weighted by atomic mass is 10.1. The molecule has 0 spiro atoms. The molecule has 1 amide bonds. The molecule has 0 radical (unpaired) electrons. The highest BCUT2D eigenvalue weighted by Crippen LogP contribution is 2.22. The molecular formula is C13H19N3O. The van der Waals surface area contributed by atoms with Crippen molar-refractivity contribution in [1.82, 2.24) is 9.88 Å². The molecular weight excluding hydrogens is 214 g/mol. The van der Waals surface area contributed by atoms with Crippen LogP contribution in [0.25, 0.3) is 0 Å². The Labute approximate surface area is 102 Å². The smallest absolute Gasteiger partial charge is 0.223 e. The summed E-state index contributed by atoms with van der Waals surface area (Å²) >= 11 is 0. The van der Waals surface area contributed by atoms with E-state index in [4.69, 9.17) is 0 Å². The van der Waals surface area contributed by atoms with E-state index in [1.165, 1.54) is 0 Å². The molecule has 1 N–H and O–H groups in total. The summed E-state index contributed by atoms with van der Waals surface area (Å²) in [7, 11) is 1.85. The zero-order valence-corrected chi connectivity index (χ0v) is 10.4. The summed E-state index contributed by atoms with van der Waals surface area (Å²) in [6.07, 6.45) is 3.57. The van der Waals surface area contributed by atoms with E-state index in [1.807, 2.05) is 24.1 Å². The summed E-state index contributed by atoms with van der Waals surface area (Å²) in [5, 5.41) is 3.01. The Kier molecular flexibility index (Phi) is 3.61. The van der Waals surface area contributed by atoms with Crippen LogP contribution in [-0.4, -0.2) is 29.4 Å². The summed E-state index contributed by atoms with van der Waals surface area (Å²) in [6.45, 7) is 3.74. The number of carbonyl (C=O) groups excluding carboxylic acids is 1. The first kappa shape index (κ1) is 11.9. The fraction of sp³-hybridized carbons (Fsp3) is 0.538. The van der Waals surface area contributed by atoms with Crippen LogP contribution in [0.4, 0.5) is 5.82 Å². The second kappa shape index (κ2) is 5.17. The first-order valence-electron chi connectivity index (χ1n) is 6.13. The van der Waals surface area contributed by atoms with Crippen LogP contribution in [0, 0.1) is 5.92 Å². The fourth-order valence-corrected chi connectivity index (χ4v) is 2.21. The average Bonchev–Trinajstić information content (AvgIpc) is 2.70. The second-order valence-electron chi connectivity index (χ2n) is 4.55. The molecule has 1 atom stereocenters. The van der Waals surface area contributed by atoms with E-state index in [1.54, 1.807) is 6.20 Å². The topological polar surface area (TPSA) is 45.2 Å². The summed E-state index contributed by atoms with van der Waals surface area (Å²) < 4.78 is 0. The Morgan fingerprint density at radius 1 is 1.59 bits per heavy atom. The van der Waals surface area contributed by atoms with Gasteiger partial charge < -0.3 is 10.2 Å². The molecule has 1 aliphatic heterocycles. The van der Waals surface area contributed by atoms with Crippen molar-refractivity contribution in [3.63, 3.8) is 0 Å². The highest BCUT2D eigenvalue weighted by molar-refractivity contribution is 5.78. The number of nitrogens with one attached hydrogen (secondary N) is 1. The summed E-state index contributed by atoms with van der Waals surface area (Å²) in [5.74, 6) is 1.66. The van der Waals surface area contributed by atoms with Gasteiger partial charge in [-0.2, -0.15) is 0 Å². The molecule has 4 nitrogen and oxygen atoms in total. The average molecular weight is 233 g/mol. The monoisotopic (exact) mass is 233 g/mol. The molecule has 1 aromatic rings. The van der Waals surface area contributed by atoms with Crippen molar-refractivity contribution in [2.24, 2.45) is 5.92 Å². The van der Waals surface area contributed by atoms with Crippen molar-refractivity contribution in [1.29, 1.82) is 0 Å². The van der Waals surface area contributed by atoms with Gasteiger partial charge in [-0.1, -0.05) is 13.3 Å². The number of likely N-dealkylation sites (tertiary alicyclic amines) is 1. The van der Waals surface area contributed by atoms with Crippen molar-refractivity contribution in [2.75, 3.05) is 18.9 Å². The molecule has 4 heteroatoms. The third kappa shape index (κ3) is 2.75. The zero-order chi connectivity index (χ0) is 12.3. The number of anilines is 1. The van der Waals surface area contributed by atoms with E-state index in [0.29, 0.717) is 18.9 Å². The van der Waals surface area contributed by atoms with Gasteiger partial charge in [0.2, 0.25) is 5.91 Å². The van der Waals surface area contributed by atoms with Crippen LogP contribution in [-0.2, 0) is 11.3 Å². The minimum atomic E-state index is 0.277. The molecule has 0 aliphatic carbocycles. The molecule has 1 unspecified atom stereocenters. The predicted octanol–water partition coefficient (Wildman–Crippen LogP) is 1.88. The van der Waals surface area contributed by atoms with Crippen molar-refractivity contribution in [2.45, 2.75) is 26.3 Å². The number of aromatic nitrogens is 1. The standard InChI is InChI=1S/C13H19N3O/c1-3-10-7-13(17)16(8-10)9-11-4-5-15-12(6-11)14-2/h4-6,10H,3,7-9H2,1-2H3,(H,14,15). The van der Waals surface area contributed by atoms with Crippen molar-refractivity contribution < 1.29 is 4.79 Å². The van der Waals surface area contributed by atoms with Gasteiger partial charge in [0, 0.05) is 32.8 Å². The lowest BCUT2D eigenvalue weighted by Gasteiger charge is -2.16. The fourth-order valence-electron chi connectivity index (χ4n) is 2.21. The highest BCUT2D eigenvalue weighted by atomic mass is 16.2. The van der Waals surface area contributed by atoms with E-state index in [-0.39, 0.29) is 5.91 Å². The van der Waals surface area contributed by atoms with E-state index in [9.17, 15) is 4.79 Å². The maximum atomic E-state index is 11.8. The number of hydrogen-bond acceptors (Lipinski definition) is 3. The van der Waals surface area contributed by atoms with Crippen molar-refractivity contribution >= 4 is 11.7 Å². The van der Waals surface area contributed by atoms with Gasteiger partial charge in [-0.3, -0.25) is 4.79 Å². The predicted molar refractivity (Wildman–Crippen MR) is 67.6 cm³/mol. The number of carbonyl (C=O) groups is 1. The number of rotatable bonds is 4. The Balaban J connectivity index is 2.03. The minimum absolute atomic E-state index is 0.277. The van der Waals surface area contributed by atoms with Gasteiger partial charge in [0.1, 0.15) is 5.82 Å². The van der Waals surface area contributed by atoms with Gasteiger partial charge in [0.15, 0.2) is 0 Å². The Morgan fingerprint density at radius 3 is 3.06 bits per heavy atom. The lowest BCUT2D eigenvalue weighted by Crippen LogP contribution is -2.24. The van der Waals surface area contributed by atoms with E-state index in [0.717, 1.165) is 24.3 Å². The van der Waals surface area contributed by atoms with Crippen LogP contribution >= 0.6 is 0 Å². The molecule has 2 heterocycles. The van der Waals surface area contributed by atoms with Gasteiger partial charge >= 0.3 is 0 Å². The molecule has 0 saturated carbocycles. The molecule has 92 valence electrons. The van der Waals surface area contributed by atoms with Crippen LogP contribution in [0.5, 0.6) is 0 Å². The molecule has 1 aromatic heterocycles. The summed E-state index contributed by atoms with van der Waals surface area (Å²) in [5.41, 5.74) is 1.13. The second-order valence-corrected chi connectivity index (χ2v) is 4.55. The summed E-state index contributed by atoms with van der Waals surface area (Å²) in [6, 6.07) is 3.96. The third-order valence-corrected chi connectivity index (χ3v) is 3.33. The molecule has 1 aliphatic rings. The van der Waals surface area contributed by atoms with Crippen LogP contribution in [0.3, 0.4) is 0 Å².